The van der Waals surface area contributed by atoms with E-state index in [2.05, 4.69) is 45.2 Å². The molecule has 4 nitrogen and oxygen atoms in total. The molecule has 3 aromatic carbocycles. The molecule has 0 saturated carbocycles. The van der Waals surface area contributed by atoms with Gasteiger partial charge in [-0.2, -0.15) is 0 Å². The van der Waals surface area contributed by atoms with Crippen LogP contribution in [0.4, 0.5) is 9.18 Å². The van der Waals surface area contributed by atoms with Gasteiger partial charge >= 0.3 is 0 Å². The number of thioether (sulfide) groups is 1. The first kappa shape index (κ1) is 24.5. The highest BCUT2D eigenvalue weighted by Gasteiger charge is 2.36. The van der Waals surface area contributed by atoms with E-state index in [9.17, 15) is 14.0 Å². The maximum absolute atomic E-state index is 14.1. The molecule has 168 valence electrons. The Morgan fingerprint density at radius 1 is 1.03 bits per heavy atom. The van der Waals surface area contributed by atoms with Gasteiger partial charge in [0.15, 0.2) is 0 Å². The number of hydrogen-bond acceptors (Lipinski definition) is 4. The van der Waals surface area contributed by atoms with Crippen LogP contribution in [0.15, 0.2) is 65.6 Å². The zero-order valence-corrected chi connectivity index (χ0v) is 22.7. The number of ether oxygens (including phenoxy) is 1. The van der Waals surface area contributed by atoms with Crippen LogP contribution in [0.3, 0.4) is 0 Å². The van der Waals surface area contributed by atoms with Crippen LogP contribution in [0, 0.1) is 13.0 Å². The molecule has 2 amide bonds. The summed E-state index contributed by atoms with van der Waals surface area (Å²) in [5.41, 5.74) is 1.95. The van der Waals surface area contributed by atoms with Crippen molar-refractivity contribution in [3.8, 4) is 5.75 Å². The second-order valence-corrected chi connectivity index (χ2v) is 10.8. The summed E-state index contributed by atoms with van der Waals surface area (Å²) in [6.07, 6.45) is 1.67. The van der Waals surface area contributed by atoms with Crippen LogP contribution in [0.25, 0.3) is 6.08 Å². The van der Waals surface area contributed by atoms with Gasteiger partial charge in [0.2, 0.25) is 0 Å². The van der Waals surface area contributed by atoms with E-state index in [0.717, 1.165) is 40.7 Å². The Kier molecular flexibility index (Phi) is 7.98. The zero-order chi connectivity index (χ0) is 23.5. The molecule has 9 heteroatoms. The maximum Gasteiger partial charge on any atom is 0.293 e. The second kappa shape index (κ2) is 10.7. The average molecular weight is 706 g/mol. The van der Waals surface area contributed by atoms with Crippen LogP contribution >= 0.6 is 68.5 Å². The van der Waals surface area contributed by atoms with Gasteiger partial charge in [0.05, 0.1) is 18.6 Å². The zero-order valence-electron chi connectivity index (χ0n) is 16.9. The van der Waals surface area contributed by atoms with Gasteiger partial charge in [0.1, 0.15) is 18.2 Å². The molecule has 0 radical (unpaired) electrons. The van der Waals surface area contributed by atoms with Crippen LogP contribution in [0.2, 0.25) is 5.02 Å². The predicted molar refractivity (Wildman–Crippen MR) is 146 cm³/mol. The van der Waals surface area contributed by atoms with Crippen LogP contribution in [0.1, 0.15) is 16.7 Å². The quantitative estimate of drug-likeness (QED) is 0.197. The van der Waals surface area contributed by atoms with Crippen molar-refractivity contribution in [2.24, 2.45) is 0 Å². The molecule has 4 rings (SSSR count). The maximum atomic E-state index is 14.1. The van der Waals surface area contributed by atoms with E-state index in [1.54, 1.807) is 6.08 Å². The summed E-state index contributed by atoms with van der Waals surface area (Å²) in [5.74, 6) is -0.265. The number of carbonyl (C=O) groups is 2. The van der Waals surface area contributed by atoms with Gasteiger partial charge in [-0.15, -0.1) is 0 Å². The summed E-state index contributed by atoms with van der Waals surface area (Å²) < 4.78 is 21.9. The third-order valence-corrected chi connectivity index (χ3v) is 7.66. The molecular weight excluding hydrogens is 691 g/mol. The Labute approximate surface area is 226 Å². The molecule has 1 aliphatic rings. The highest BCUT2D eigenvalue weighted by Crippen LogP contribution is 2.36. The van der Waals surface area contributed by atoms with Crippen molar-refractivity contribution >= 4 is 85.8 Å². The van der Waals surface area contributed by atoms with Crippen molar-refractivity contribution in [1.29, 1.82) is 0 Å². The smallest absolute Gasteiger partial charge is 0.293 e. The molecule has 1 heterocycles. The minimum Gasteiger partial charge on any atom is -0.487 e. The number of halogens is 4. The fourth-order valence-electron chi connectivity index (χ4n) is 3.16. The van der Waals surface area contributed by atoms with E-state index >= 15 is 0 Å². The first-order valence-corrected chi connectivity index (χ1v) is 13.0. The van der Waals surface area contributed by atoms with Gasteiger partial charge < -0.3 is 4.74 Å². The lowest BCUT2D eigenvalue weighted by Crippen LogP contribution is -2.28. The molecule has 0 atom stereocenters. The summed E-state index contributed by atoms with van der Waals surface area (Å²) in [5, 5.41) is -0.286. The Morgan fingerprint density at radius 2 is 1.73 bits per heavy atom. The monoisotopic (exact) mass is 705 g/mol. The molecule has 1 saturated heterocycles. The molecule has 3 aromatic rings. The minimum absolute atomic E-state index is 0.117. The standard InChI is InChI=1S/C24H15ClFI2NO3S/c25-17-7-4-8-18(26)16(17)12-29-23(30)21(33-24(29)31)11-15-9-19(27)22(20(28)10-15)32-13-14-5-2-1-3-6-14/h1-11H,12-13H2/b21-11-. The third kappa shape index (κ3) is 5.72. The Balaban J connectivity index is 1.52. The molecule has 0 aliphatic carbocycles. The van der Waals surface area contributed by atoms with Crippen molar-refractivity contribution in [1.82, 2.24) is 4.90 Å². The molecule has 0 unspecified atom stereocenters. The van der Waals surface area contributed by atoms with Crippen molar-refractivity contribution in [2.75, 3.05) is 0 Å². The summed E-state index contributed by atoms with van der Waals surface area (Å²) in [6, 6.07) is 17.9. The van der Waals surface area contributed by atoms with Crippen LogP contribution < -0.4 is 4.74 Å². The third-order valence-electron chi connectivity index (χ3n) is 4.80. The van der Waals surface area contributed by atoms with E-state index < -0.39 is 17.0 Å². The molecule has 1 fully saturated rings. The van der Waals surface area contributed by atoms with Crippen molar-refractivity contribution < 1.29 is 18.7 Å². The van der Waals surface area contributed by atoms with Gasteiger partial charge in [0, 0.05) is 10.6 Å². The predicted octanol–water partition coefficient (Wildman–Crippen LogP) is 7.50. The van der Waals surface area contributed by atoms with Crippen LogP contribution in [-0.2, 0) is 17.9 Å². The molecule has 0 bridgehead atoms. The SMILES string of the molecule is O=C1S/C(=C\c2cc(I)c(OCc3ccccc3)c(I)c2)C(=O)N1Cc1c(F)cccc1Cl. The lowest BCUT2D eigenvalue weighted by molar-refractivity contribution is -0.123. The average Bonchev–Trinajstić information content (AvgIpc) is 3.03. The highest BCUT2D eigenvalue weighted by molar-refractivity contribution is 14.1. The lowest BCUT2D eigenvalue weighted by Gasteiger charge is -2.14. The number of rotatable bonds is 6. The Morgan fingerprint density at radius 3 is 2.39 bits per heavy atom. The van der Waals surface area contributed by atoms with Gasteiger partial charge in [-0.3, -0.25) is 14.5 Å². The van der Waals surface area contributed by atoms with Crippen molar-refractivity contribution in [2.45, 2.75) is 13.2 Å². The summed E-state index contributed by atoms with van der Waals surface area (Å²) in [4.78, 5) is 26.6. The minimum atomic E-state index is -0.555. The molecule has 0 aromatic heterocycles. The largest absolute Gasteiger partial charge is 0.487 e. The molecule has 0 spiro atoms. The van der Waals surface area contributed by atoms with Gasteiger partial charge in [0.25, 0.3) is 11.1 Å². The summed E-state index contributed by atoms with van der Waals surface area (Å²) in [7, 11) is 0. The van der Waals surface area contributed by atoms with Gasteiger partial charge in [-0.1, -0.05) is 48.0 Å². The highest BCUT2D eigenvalue weighted by atomic mass is 127. The number of benzene rings is 3. The van der Waals surface area contributed by atoms with Gasteiger partial charge in [-0.25, -0.2) is 4.39 Å². The molecule has 1 aliphatic heterocycles. The molecule has 0 N–H and O–H groups in total. The van der Waals surface area contributed by atoms with Crippen LogP contribution in [-0.4, -0.2) is 16.0 Å². The number of imide groups is 1. The number of nitrogens with zero attached hydrogens (tertiary/aromatic N) is 1. The summed E-state index contributed by atoms with van der Waals surface area (Å²) >= 11 is 11.3. The fourth-order valence-corrected chi connectivity index (χ4v) is 6.35. The summed E-state index contributed by atoms with van der Waals surface area (Å²) in [6.45, 7) is 0.235. The topological polar surface area (TPSA) is 46.6 Å². The van der Waals surface area contributed by atoms with Gasteiger partial charge in [-0.05, 0) is 98.4 Å². The Hall–Kier alpha value is -1.63. The normalized spacial score (nSPS) is 14.9. The van der Waals surface area contributed by atoms with Crippen molar-refractivity contribution in [3.63, 3.8) is 0 Å². The van der Waals surface area contributed by atoms with Crippen LogP contribution in [0.5, 0.6) is 5.75 Å². The van der Waals surface area contributed by atoms with E-state index in [1.807, 2.05) is 42.5 Å². The first-order chi connectivity index (χ1) is 15.8. The fraction of sp³-hybridized carbons (Fsp3) is 0.0833. The number of amides is 2. The number of hydrogen-bond donors (Lipinski definition) is 0. The second-order valence-electron chi connectivity index (χ2n) is 7.06. The molecular formula is C24H15ClFI2NO3S. The van der Waals surface area contributed by atoms with E-state index in [4.69, 9.17) is 16.3 Å². The Bertz CT molecular complexity index is 1230. The lowest BCUT2D eigenvalue weighted by atomic mass is 10.2. The first-order valence-electron chi connectivity index (χ1n) is 9.67. The van der Waals surface area contributed by atoms with Crippen molar-refractivity contribution in [3.05, 3.63) is 100 Å². The number of carbonyl (C=O) groups excluding carboxylic acids is 2. The van der Waals surface area contributed by atoms with E-state index in [0.29, 0.717) is 6.61 Å². The van der Waals surface area contributed by atoms with E-state index in [-0.39, 0.29) is 22.0 Å². The van der Waals surface area contributed by atoms with E-state index in [1.165, 1.54) is 18.2 Å². The molecule has 33 heavy (non-hydrogen) atoms.